The van der Waals surface area contributed by atoms with Crippen LogP contribution in [0.2, 0.25) is 0 Å². The second-order valence-corrected chi connectivity index (χ2v) is 7.58. The number of hydrogen-bond donors (Lipinski definition) is 2. The molecule has 0 spiro atoms. The van der Waals surface area contributed by atoms with Gasteiger partial charge in [0, 0.05) is 19.3 Å². The van der Waals surface area contributed by atoms with E-state index in [1.54, 1.807) is 42.4 Å². The highest BCUT2D eigenvalue weighted by molar-refractivity contribution is 5.97. The van der Waals surface area contributed by atoms with Crippen LogP contribution in [-0.4, -0.2) is 64.2 Å². The van der Waals surface area contributed by atoms with E-state index in [1.165, 1.54) is 6.26 Å². The summed E-state index contributed by atoms with van der Waals surface area (Å²) >= 11 is 0. The zero-order valence-corrected chi connectivity index (χ0v) is 17.5. The number of nitrogens with zero attached hydrogens (tertiary/aromatic N) is 2. The number of furan rings is 1. The summed E-state index contributed by atoms with van der Waals surface area (Å²) in [6.07, 6.45) is 0.995. The molecule has 2 N–H and O–H groups in total. The van der Waals surface area contributed by atoms with Crippen LogP contribution in [-0.2, 0) is 14.3 Å². The Hall–Kier alpha value is -3.41. The van der Waals surface area contributed by atoms with Gasteiger partial charge in [0.25, 0.3) is 5.91 Å². The molecule has 0 bridgehead atoms. The molecule has 2 fully saturated rings. The number of nitrogens with one attached hydrogen (secondary N) is 1. The molecule has 4 heterocycles. The Kier molecular flexibility index (Phi) is 7.36. The lowest BCUT2D eigenvalue weighted by molar-refractivity contribution is -0.192. The summed E-state index contributed by atoms with van der Waals surface area (Å²) in [6, 6.07) is 5.26. The zero-order chi connectivity index (χ0) is 24.2. The van der Waals surface area contributed by atoms with E-state index in [1.807, 2.05) is 0 Å². The van der Waals surface area contributed by atoms with Gasteiger partial charge in [-0.1, -0.05) is 0 Å². The molecule has 2 amide bonds. The summed E-state index contributed by atoms with van der Waals surface area (Å²) in [6.45, 7) is 2.76. The number of piperidine rings is 1. The SMILES string of the molecule is Cc1occc1C(=O)N1C[C@@H](C(=O)Nc2cccnc2)C[C@H]2OCC[C@H]21.O=C(O)C(F)(F)F. The number of carbonyl (C=O) groups is 3. The van der Waals surface area contributed by atoms with Gasteiger partial charge in [-0.15, -0.1) is 0 Å². The highest BCUT2D eigenvalue weighted by Crippen LogP contribution is 2.33. The minimum absolute atomic E-state index is 0.0132. The van der Waals surface area contributed by atoms with Crippen LogP contribution in [0, 0.1) is 12.8 Å². The molecule has 2 aromatic rings. The number of anilines is 1. The summed E-state index contributed by atoms with van der Waals surface area (Å²) in [5.41, 5.74) is 1.19. The van der Waals surface area contributed by atoms with Gasteiger partial charge >= 0.3 is 12.1 Å². The Balaban J connectivity index is 0.000000383. The van der Waals surface area contributed by atoms with Crippen molar-refractivity contribution in [2.45, 2.75) is 38.1 Å². The number of aromatic nitrogens is 1. The summed E-state index contributed by atoms with van der Waals surface area (Å²) in [4.78, 5) is 40.4. The Morgan fingerprint density at radius 3 is 2.58 bits per heavy atom. The number of rotatable bonds is 3. The predicted molar refractivity (Wildman–Crippen MR) is 107 cm³/mol. The maximum absolute atomic E-state index is 13.0. The van der Waals surface area contributed by atoms with Crippen molar-refractivity contribution in [2.24, 2.45) is 5.92 Å². The Bertz CT molecular complexity index is 995. The first kappa shape index (κ1) is 24.2. The third-order valence-electron chi connectivity index (χ3n) is 5.40. The van der Waals surface area contributed by atoms with E-state index in [-0.39, 0.29) is 29.9 Å². The number of carboxylic acids is 1. The molecule has 0 radical (unpaired) electrons. The third kappa shape index (κ3) is 5.89. The molecule has 4 rings (SSSR count). The van der Waals surface area contributed by atoms with Crippen molar-refractivity contribution in [3.05, 3.63) is 48.2 Å². The number of carboxylic acid groups (broad SMARTS) is 1. The second-order valence-electron chi connectivity index (χ2n) is 7.58. The lowest BCUT2D eigenvalue weighted by Gasteiger charge is -2.40. The largest absolute Gasteiger partial charge is 0.490 e. The molecule has 12 heteroatoms. The van der Waals surface area contributed by atoms with E-state index in [9.17, 15) is 22.8 Å². The minimum atomic E-state index is -5.08. The van der Waals surface area contributed by atoms with Crippen LogP contribution in [0.25, 0.3) is 0 Å². The Labute approximate surface area is 186 Å². The van der Waals surface area contributed by atoms with Gasteiger partial charge < -0.3 is 24.5 Å². The van der Waals surface area contributed by atoms with Gasteiger partial charge in [0.15, 0.2) is 0 Å². The highest BCUT2D eigenvalue weighted by atomic mass is 19.4. The molecule has 2 saturated heterocycles. The molecule has 2 aromatic heterocycles. The number of halogens is 3. The Morgan fingerprint density at radius 1 is 1.27 bits per heavy atom. The topological polar surface area (TPSA) is 122 Å². The van der Waals surface area contributed by atoms with Gasteiger partial charge in [0.2, 0.25) is 5.91 Å². The monoisotopic (exact) mass is 469 g/mol. The second kappa shape index (κ2) is 10.0. The van der Waals surface area contributed by atoms with E-state index in [4.69, 9.17) is 19.1 Å². The van der Waals surface area contributed by atoms with Gasteiger partial charge in [-0.05, 0) is 38.0 Å². The van der Waals surface area contributed by atoms with Crippen molar-refractivity contribution in [3.8, 4) is 0 Å². The quantitative estimate of drug-likeness (QED) is 0.709. The van der Waals surface area contributed by atoms with Crippen molar-refractivity contribution in [3.63, 3.8) is 0 Å². The lowest BCUT2D eigenvalue weighted by Crippen LogP contribution is -2.54. The summed E-state index contributed by atoms with van der Waals surface area (Å²) in [7, 11) is 0. The predicted octanol–water partition coefficient (Wildman–Crippen LogP) is 2.87. The first-order valence-electron chi connectivity index (χ1n) is 10.1. The molecular formula is C21H22F3N3O6. The number of alkyl halides is 3. The minimum Gasteiger partial charge on any atom is -0.475 e. The molecule has 2 aliphatic rings. The fourth-order valence-electron chi connectivity index (χ4n) is 3.81. The molecule has 33 heavy (non-hydrogen) atoms. The lowest BCUT2D eigenvalue weighted by atomic mass is 9.88. The number of aliphatic carboxylic acids is 1. The van der Waals surface area contributed by atoms with Crippen molar-refractivity contribution in [1.29, 1.82) is 0 Å². The van der Waals surface area contributed by atoms with E-state index in [0.717, 1.165) is 6.42 Å². The van der Waals surface area contributed by atoms with Crippen LogP contribution < -0.4 is 5.32 Å². The van der Waals surface area contributed by atoms with Crippen LogP contribution in [0.5, 0.6) is 0 Å². The molecule has 0 aliphatic carbocycles. The molecule has 3 atom stereocenters. The van der Waals surface area contributed by atoms with Crippen molar-refractivity contribution >= 4 is 23.5 Å². The molecule has 2 aliphatic heterocycles. The molecule has 178 valence electrons. The summed E-state index contributed by atoms with van der Waals surface area (Å²) in [5, 5.41) is 10.0. The fourth-order valence-corrected chi connectivity index (χ4v) is 3.81. The number of ether oxygens (including phenoxy) is 1. The first-order valence-corrected chi connectivity index (χ1v) is 10.1. The van der Waals surface area contributed by atoms with Crippen LogP contribution in [0.4, 0.5) is 18.9 Å². The molecule has 0 unspecified atom stereocenters. The molecular weight excluding hydrogens is 447 g/mol. The average Bonchev–Trinajstić information content (AvgIpc) is 3.41. The molecule has 9 nitrogen and oxygen atoms in total. The third-order valence-corrected chi connectivity index (χ3v) is 5.40. The van der Waals surface area contributed by atoms with E-state index >= 15 is 0 Å². The van der Waals surface area contributed by atoms with Gasteiger partial charge in [-0.3, -0.25) is 14.6 Å². The van der Waals surface area contributed by atoms with Gasteiger partial charge in [0.1, 0.15) is 5.76 Å². The van der Waals surface area contributed by atoms with Crippen LogP contribution in [0.15, 0.2) is 41.3 Å². The number of carbonyl (C=O) groups excluding carboxylic acids is 2. The summed E-state index contributed by atoms with van der Waals surface area (Å²) in [5.74, 6) is -2.71. The molecule has 0 aromatic carbocycles. The number of amides is 2. The number of likely N-dealkylation sites (tertiary alicyclic amines) is 1. The van der Waals surface area contributed by atoms with Crippen molar-refractivity contribution in [2.75, 3.05) is 18.5 Å². The van der Waals surface area contributed by atoms with Crippen molar-refractivity contribution < 1.29 is 41.8 Å². The number of fused-ring (bicyclic) bond motifs is 1. The van der Waals surface area contributed by atoms with Crippen LogP contribution in [0.3, 0.4) is 0 Å². The van der Waals surface area contributed by atoms with E-state index < -0.39 is 12.1 Å². The Morgan fingerprint density at radius 2 is 2.00 bits per heavy atom. The maximum atomic E-state index is 13.0. The number of aryl methyl sites for hydroxylation is 1. The van der Waals surface area contributed by atoms with Crippen LogP contribution >= 0.6 is 0 Å². The van der Waals surface area contributed by atoms with E-state index in [2.05, 4.69) is 10.3 Å². The molecule has 0 saturated carbocycles. The average molecular weight is 469 g/mol. The number of pyridine rings is 1. The van der Waals surface area contributed by atoms with Crippen LogP contribution in [0.1, 0.15) is 29.0 Å². The van der Waals surface area contributed by atoms with Gasteiger partial charge in [0.05, 0.1) is 41.8 Å². The zero-order valence-electron chi connectivity index (χ0n) is 17.5. The normalized spacial score (nSPS) is 22.1. The number of hydrogen-bond acceptors (Lipinski definition) is 6. The maximum Gasteiger partial charge on any atom is 0.490 e. The first-order chi connectivity index (χ1) is 15.6. The van der Waals surface area contributed by atoms with Gasteiger partial charge in [-0.2, -0.15) is 13.2 Å². The standard InChI is InChI=1S/C19H21N3O4.C2HF3O2/c1-12-15(4-7-25-12)19(24)22-11-13(9-17-16(22)5-8-26-17)18(23)21-14-3-2-6-20-10-14;3-2(4,5)1(6)7/h2-4,6-7,10,13,16-17H,5,8-9,11H2,1H3,(H,21,23);(H,6,7)/t13-,16+,17+;/m0./s1. The van der Waals surface area contributed by atoms with Crippen molar-refractivity contribution in [1.82, 2.24) is 9.88 Å². The highest BCUT2D eigenvalue weighted by Gasteiger charge is 2.44. The summed E-state index contributed by atoms with van der Waals surface area (Å²) < 4.78 is 42.8. The van der Waals surface area contributed by atoms with Gasteiger partial charge in [-0.25, -0.2) is 4.79 Å². The van der Waals surface area contributed by atoms with E-state index in [0.29, 0.717) is 36.6 Å². The fraction of sp³-hybridized carbons (Fsp3) is 0.429. The smallest absolute Gasteiger partial charge is 0.475 e.